The minimum Gasteiger partial charge on any atom is -0.490 e. The second kappa shape index (κ2) is 8.67. The zero-order chi connectivity index (χ0) is 17.4. The van der Waals surface area contributed by atoms with Crippen molar-refractivity contribution in [2.24, 2.45) is 0 Å². The lowest BCUT2D eigenvalue weighted by Gasteiger charge is -2.08. The van der Waals surface area contributed by atoms with E-state index in [2.05, 4.69) is 5.32 Å². The van der Waals surface area contributed by atoms with Crippen LogP contribution in [-0.4, -0.2) is 31.6 Å². The van der Waals surface area contributed by atoms with Crippen molar-refractivity contribution in [3.05, 3.63) is 65.5 Å². The monoisotopic (exact) mass is 331 g/mol. The summed E-state index contributed by atoms with van der Waals surface area (Å²) >= 11 is 0. The van der Waals surface area contributed by atoms with Gasteiger partial charge in [-0.1, -0.05) is 17.7 Å². The van der Waals surface area contributed by atoms with E-state index in [1.165, 1.54) is 24.3 Å². The summed E-state index contributed by atoms with van der Waals surface area (Å²) in [5.74, 6) is -0.754. The van der Waals surface area contributed by atoms with Crippen molar-refractivity contribution in [3.63, 3.8) is 0 Å². The molecule has 2 aromatic carbocycles. The number of rotatable bonds is 7. The number of aryl methyl sites for hydroxylation is 1. The third kappa shape index (κ3) is 5.72. The SMILES string of the molecule is Cc1cccc(C(=O)NCC(=O)OCCOc2ccc(F)cc2)c1. The summed E-state index contributed by atoms with van der Waals surface area (Å²) in [6.07, 6.45) is 0. The van der Waals surface area contributed by atoms with E-state index < -0.39 is 5.97 Å². The highest BCUT2D eigenvalue weighted by Gasteiger charge is 2.09. The van der Waals surface area contributed by atoms with Gasteiger partial charge in [-0.2, -0.15) is 0 Å². The van der Waals surface area contributed by atoms with Crippen LogP contribution in [0.25, 0.3) is 0 Å². The molecule has 2 aromatic rings. The number of nitrogens with one attached hydrogen (secondary N) is 1. The Hall–Kier alpha value is -2.89. The molecule has 0 aliphatic heterocycles. The normalized spacial score (nSPS) is 10.1. The van der Waals surface area contributed by atoms with Crippen molar-refractivity contribution >= 4 is 11.9 Å². The van der Waals surface area contributed by atoms with Gasteiger partial charge >= 0.3 is 5.97 Å². The van der Waals surface area contributed by atoms with Crippen LogP contribution in [0.4, 0.5) is 4.39 Å². The van der Waals surface area contributed by atoms with Crippen molar-refractivity contribution in [2.45, 2.75) is 6.92 Å². The summed E-state index contributed by atoms with van der Waals surface area (Å²) in [5, 5.41) is 2.49. The van der Waals surface area contributed by atoms with Crippen LogP contribution in [-0.2, 0) is 9.53 Å². The molecule has 0 radical (unpaired) electrons. The van der Waals surface area contributed by atoms with Crippen LogP contribution in [0.3, 0.4) is 0 Å². The minimum absolute atomic E-state index is 0.0382. The molecule has 0 saturated heterocycles. The summed E-state index contributed by atoms with van der Waals surface area (Å²) in [6, 6.07) is 12.6. The topological polar surface area (TPSA) is 64.6 Å². The van der Waals surface area contributed by atoms with Crippen LogP contribution in [0, 0.1) is 12.7 Å². The number of benzene rings is 2. The Kier molecular flexibility index (Phi) is 6.31. The molecule has 0 atom stereocenters. The molecule has 5 nitrogen and oxygen atoms in total. The molecule has 0 aliphatic rings. The molecule has 1 amide bonds. The Balaban J connectivity index is 1.64. The Morgan fingerprint density at radius 3 is 2.54 bits per heavy atom. The highest BCUT2D eigenvalue weighted by molar-refractivity contribution is 5.96. The second-order valence-electron chi connectivity index (χ2n) is 5.08. The number of carbonyl (C=O) groups excluding carboxylic acids is 2. The van der Waals surface area contributed by atoms with Crippen LogP contribution in [0.1, 0.15) is 15.9 Å². The molecule has 126 valence electrons. The van der Waals surface area contributed by atoms with E-state index in [1.54, 1.807) is 18.2 Å². The first-order valence-corrected chi connectivity index (χ1v) is 7.43. The molecule has 0 aliphatic carbocycles. The molecule has 0 spiro atoms. The van der Waals surface area contributed by atoms with E-state index in [1.807, 2.05) is 13.0 Å². The molecule has 0 aromatic heterocycles. The van der Waals surface area contributed by atoms with Gasteiger partial charge in [0.15, 0.2) is 0 Å². The van der Waals surface area contributed by atoms with E-state index in [0.29, 0.717) is 11.3 Å². The molecule has 1 N–H and O–H groups in total. The third-order valence-corrected chi connectivity index (χ3v) is 3.10. The predicted molar refractivity (Wildman–Crippen MR) is 86.4 cm³/mol. The third-order valence-electron chi connectivity index (χ3n) is 3.10. The van der Waals surface area contributed by atoms with Crippen LogP contribution in [0.2, 0.25) is 0 Å². The van der Waals surface area contributed by atoms with Crippen LogP contribution in [0.5, 0.6) is 5.75 Å². The molecule has 24 heavy (non-hydrogen) atoms. The first-order chi connectivity index (χ1) is 11.5. The maximum absolute atomic E-state index is 12.7. The Bertz CT molecular complexity index is 700. The lowest BCUT2D eigenvalue weighted by molar-refractivity contribution is -0.143. The van der Waals surface area contributed by atoms with Gasteiger partial charge in [0.05, 0.1) is 0 Å². The summed E-state index contributed by atoms with van der Waals surface area (Å²) in [5.41, 5.74) is 1.45. The molecule has 0 saturated carbocycles. The van der Waals surface area contributed by atoms with Gasteiger partial charge in [-0.15, -0.1) is 0 Å². The maximum atomic E-state index is 12.7. The fourth-order valence-electron chi connectivity index (χ4n) is 1.94. The van der Waals surface area contributed by atoms with Gasteiger partial charge in [-0.3, -0.25) is 9.59 Å². The maximum Gasteiger partial charge on any atom is 0.325 e. The Morgan fingerprint density at radius 1 is 1.08 bits per heavy atom. The van der Waals surface area contributed by atoms with Gasteiger partial charge in [0.25, 0.3) is 5.91 Å². The number of carbonyl (C=O) groups is 2. The fraction of sp³-hybridized carbons (Fsp3) is 0.222. The largest absolute Gasteiger partial charge is 0.490 e. The van der Waals surface area contributed by atoms with Gasteiger partial charge in [0.1, 0.15) is 31.3 Å². The highest BCUT2D eigenvalue weighted by Crippen LogP contribution is 2.10. The summed E-state index contributed by atoms with van der Waals surface area (Å²) in [4.78, 5) is 23.4. The number of esters is 1. The van der Waals surface area contributed by atoms with Crippen LogP contribution >= 0.6 is 0 Å². The van der Waals surface area contributed by atoms with Gasteiger partial charge in [0, 0.05) is 5.56 Å². The molecule has 0 fully saturated rings. The number of hydrogen-bond acceptors (Lipinski definition) is 4. The minimum atomic E-state index is -0.557. The van der Waals surface area contributed by atoms with Crippen molar-refractivity contribution in [1.29, 1.82) is 0 Å². The van der Waals surface area contributed by atoms with E-state index >= 15 is 0 Å². The number of hydrogen-bond donors (Lipinski definition) is 1. The smallest absolute Gasteiger partial charge is 0.325 e. The molecule has 2 rings (SSSR count). The van der Waals surface area contributed by atoms with E-state index in [9.17, 15) is 14.0 Å². The second-order valence-corrected chi connectivity index (χ2v) is 5.08. The van der Waals surface area contributed by atoms with Crippen molar-refractivity contribution in [3.8, 4) is 5.75 Å². The van der Waals surface area contributed by atoms with Crippen LogP contribution in [0.15, 0.2) is 48.5 Å². The van der Waals surface area contributed by atoms with Gasteiger partial charge in [0.2, 0.25) is 0 Å². The zero-order valence-electron chi connectivity index (χ0n) is 13.3. The van der Waals surface area contributed by atoms with Gasteiger partial charge < -0.3 is 14.8 Å². The van der Waals surface area contributed by atoms with Crippen molar-refractivity contribution in [2.75, 3.05) is 19.8 Å². The summed E-state index contributed by atoms with van der Waals surface area (Å²) in [7, 11) is 0. The van der Waals surface area contributed by atoms with E-state index in [0.717, 1.165) is 5.56 Å². The average Bonchev–Trinajstić information content (AvgIpc) is 2.58. The predicted octanol–water partition coefficient (Wildman–Crippen LogP) is 2.49. The lowest BCUT2D eigenvalue weighted by atomic mass is 10.1. The Labute approximate surface area is 139 Å². The number of ether oxygens (including phenoxy) is 2. The summed E-state index contributed by atoms with van der Waals surface area (Å²) in [6.45, 7) is 1.84. The van der Waals surface area contributed by atoms with Crippen molar-refractivity contribution < 1.29 is 23.5 Å². The molecule has 0 bridgehead atoms. The first-order valence-electron chi connectivity index (χ1n) is 7.43. The molecular weight excluding hydrogens is 313 g/mol. The average molecular weight is 331 g/mol. The van der Waals surface area contributed by atoms with Gasteiger partial charge in [-0.25, -0.2) is 4.39 Å². The molecular formula is C18H18FNO4. The first kappa shape index (κ1) is 17.5. The van der Waals surface area contributed by atoms with Crippen molar-refractivity contribution in [1.82, 2.24) is 5.32 Å². The lowest BCUT2D eigenvalue weighted by Crippen LogP contribution is -2.31. The van der Waals surface area contributed by atoms with E-state index in [-0.39, 0.29) is 31.5 Å². The standard InChI is InChI=1S/C18H18FNO4/c1-13-3-2-4-14(11-13)18(22)20-12-17(21)24-10-9-23-16-7-5-15(19)6-8-16/h2-8,11H,9-10,12H2,1H3,(H,20,22). The highest BCUT2D eigenvalue weighted by atomic mass is 19.1. The van der Waals surface area contributed by atoms with Crippen LogP contribution < -0.4 is 10.1 Å². The fourth-order valence-corrected chi connectivity index (χ4v) is 1.94. The summed E-state index contributed by atoms with van der Waals surface area (Å²) < 4.78 is 22.9. The number of amides is 1. The van der Waals surface area contributed by atoms with E-state index in [4.69, 9.17) is 9.47 Å². The molecule has 0 heterocycles. The number of halogens is 1. The molecule has 0 unspecified atom stereocenters. The Morgan fingerprint density at radius 2 is 1.83 bits per heavy atom. The molecule has 6 heteroatoms. The quantitative estimate of drug-likeness (QED) is 0.625. The van der Waals surface area contributed by atoms with Gasteiger partial charge in [-0.05, 0) is 43.3 Å². The zero-order valence-corrected chi connectivity index (χ0v) is 13.3.